The largest absolute Gasteiger partial charge is 0.480 e. The highest BCUT2D eigenvalue weighted by Gasteiger charge is 2.19. The maximum Gasteiger partial charge on any atom is 0.466 e. The third-order valence-corrected chi connectivity index (χ3v) is 8.13. The maximum absolute atomic E-state index is 11.2. The Kier molecular flexibility index (Phi) is 37.6. The summed E-state index contributed by atoms with van der Waals surface area (Å²) in [5, 5.41) is 9.20. The zero-order valence-corrected chi connectivity index (χ0v) is 30.2. The van der Waals surface area contributed by atoms with Crippen LogP contribution in [-0.4, -0.2) is 57.7 Å². The number of carboxylic acid groups (broad SMARTS) is 1. The fourth-order valence-corrected chi connectivity index (χ4v) is 5.37. The van der Waals surface area contributed by atoms with Crippen LogP contribution in [-0.2, 0) is 18.8 Å². The van der Waals surface area contributed by atoms with E-state index in [2.05, 4.69) is 13.8 Å². The predicted octanol–water partition coefficient (Wildman–Crippen LogP) is 9.44. The maximum atomic E-state index is 11.2. The number of aliphatic carboxylic acids is 1. The normalized spacial score (nSPS) is 12.9. The quantitative estimate of drug-likeness (QED) is 0.0333. The zero-order valence-electron chi connectivity index (χ0n) is 29.3. The number of carboxylic acids is 1. The SMILES string of the molecule is CCCCCCCCCCCCCCCCCCOCC(CC(N)C(=O)O)OCCCCCCCCCCCC.O=P(O)(O)O. The second-order valence-corrected chi connectivity index (χ2v) is 13.8. The van der Waals surface area contributed by atoms with Gasteiger partial charge in [0.15, 0.2) is 0 Å². The van der Waals surface area contributed by atoms with Crippen molar-refractivity contribution in [1.29, 1.82) is 0 Å². The van der Waals surface area contributed by atoms with Crippen molar-refractivity contribution in [2.45, 2.75) is 199 Å². The van der Waals surface area contributed by atoms with E-state index >= 15 is 0 Å². The molecule has 2 unspecified atom stereocenters. The molecule has 0 rings (SSSR count). The Hall–Kier alpha value is -0.540. The van der Waals surface area contributed by atoms with Crippen LogP contribution in [0.25, 0.3) is 0 Å². The Balaban J connectivity index is 0. The molecule has 0 aromatic rings. The fourth-order valence-electron chi connectivity index (χ4n) is 5.37. The van der Waals surface area contributed by atoms with Gasteiger partial charge in [0.1, 0.15) is 6.04 Å². The number of carbonyl (C=O) groups is 1. The first-order chi connectivity index (χ1) is 21.6. The first-order valence-electron chi connectivity index (χ1n) is 18.6. The summed E-state index contributed by atoms with van der Waals surface area (Å²) in [6, 6.07) is -0.892. The minimum atomic E-state index is -4.64. The highest BCUT2D eigenvalue weighted by molar-refractivity contribution is 7.45. The molecule has 0 aliphatic carbocycles. The summed E-state index contributed by atoms with van der Waals surface area (Å²) < 4.78 is 20.8. The minimum Gasteiger partial charge on any atom is -0.480 e. The average molecular weight is 668 g/mol. The predicted molar refractivity (Wildman–Crippen MR) is 186 cm³/mol. The second kappa shape index (κ2) is 36.3. The second-order valence-electron chi connectivity index (χ2n) is 12.7. The molecule has 0 aromatic carbocycles. The lowest BCUT2D eigenvalue weighted by atomic mass is 10.0. The lowest BCUT2D eigenvalue weighted by Crippen LogP contribution is -2.36. The molecule has 0 aliphatic heterocycles. The van der Waals surface area contributed by atoms with E-state index in [4.69, 9.17) is 34.5 Å². The van der Waals surface area contributed by atoms with Gasteiger partial charge in [-0.1, -0.05) is 168 Å². The molecule has 0 bridgehead atoms. The molecule has 0 spiro atoms. The van der Waals surface area contributed by atoms with Gasteiger partial charge in [0.05, 0.1) is 12.7 Å². The van der Waals surface area contributed by atoms with E-state index in [0.717, 1.165) is 19.4 Å². The van der Waals surface area contributed by atoms with E-state index in [0.29, 0.717) is 19.6 Å². The van der Waals surface area contributed by atoms with E-state index in [1.807, 2.05) is 0 Å². The van der Waals surface area contributed by atoms with Crippen molar-refractivity contribution in [1.82, 2.24) is 0 Å². The van der Waals surface area contributed by atoms with E-state index < -0.39 is 19.8 Å². The Morgan fingerprint density at radius 2 is 0.867 bits per heavy atom. The summed E-state index contributed by atoms with van der Waals surface area (Å²) in [4.78, 5) is 32.8. The first-order valence-corrected chi connectivity index (χ1v) is 20.1. The van der Waals surface area contributed by atoms with Gasteiger partial charge in [0.2, 0.25) is 0 Å². The first kappa shape index (κ1) is 46.6. The smallest absolute Gasteiger partial charge is 0.466 e. The van der Waals surface area contributed by atoms with Crippen LogP contribution in [0.2, 0.25) is 0 Å². The van der Waals surface area contributed by atoms with Gasteiger partial charge in [-0.25, -0.2) is 4.57 Å². The van der Waals surface area contributed by atoms with Crippen molar-refractivity contribution >= 4 is 13.8 Å². The summed E-state index contributed by atoms with van der Waals surface area (Å²) in [5.74, 6) is -0.967. The fraction of sp³-hybridized carbons (Fsp3) is 0.971. The third-order valence-electron chi connectivity index (χ3n) is 8.13. The standard InChI is InChI=1S/C35H71NO4.H3O4P/c1-3-5-7-9-11-13-15-16-17-18-19-20-21-23-25-27-29-39-32-33(31-34(36)35(37)38)40-30-28-26-24-22-14-12-10-8-6-4-2;1-5(2,3)4/h33-34H,3-32,36H2,1-2H3,(H,37,38);(H3,1,2,3,4). The highest BCUT2D eigenvalue weighted by Crippen LogP contribution is 2.25. The van der Waals surface area contributed by atoms with Crippen LogP contribution in [0, 0.1) is 0 Å². The zero-order chi connectivity index (χ0) is 33.9. The van der Waals surface area contributed by atoms with Crippen LogP contribution in [0.4, 0.5) is 0 Å². The molecule has 9 nitrogen and oxygen atoms in total. The van der Waals surface area contributed by atoms with Crippen LogP contribution < -0.4 is 5.73 Å². The molecule has 0 aliphatic rings. The third kappa shape index (κ3) is 45.6. The lowest BCUT2D eigenvalue weighted by molar-refractivity contribution is -0.140. The van der Waals surface area contributed by atoms with Crippen molar-refractivity contribution in [2.24, 2.45) is 5.73 Å². The van der Waals surface area contributed by atoms with E-state index in [1.165, 1.54) is 154 Å². The van der Waals surface area contributed by atoms with Gasteiger partial charge in [-0.05, 0) is 12.8 Å². The molecule has 2 atom stereocenters. The topological polar surface area (TPSA) is 160 Å². The molecule has 6 N–H and O–H groups in total. The molecule has 10 heteroatoms. The van der Waals surface area contributed by atoms with Crippen LogP contribution in [0.1, 0.15) is 187 Å². The van der Waals surface area contributed by atoms with Gasteiger partial charge in [-0.3, -0.25) is 4.79 Å². The molecule has 0 aromatic heterocycles. The molecule has 0 radical (unpaired) electrons. The van der Waals surface area contributed by atoms with Crippen molar-refractivity contribution in [2.75, 3.05) is 19.8 Å². The summed E-state index contributed by atoms with van der Waals surface area (Å²) in [5.41, 5.74) is 5.78. The van der Waals surface area contributed by atoms with Crippen molar-refractivity contribution in [3.05, 3.63) is 0 Å². The Morgan fingerprint density at radius 3 is 1.18 bits per heavy atom. The molecule has 0 heterocycles. The van der Waals surface area contributed by atoms with Gasteiger partial charge in [-0.15, -0.1) is 0 Å². The number of rotatable bonds is 34. The molecule has 0 saturated carbocycles. The van der Waals surface area contributed by atoms with Gasteiger partial charge in [0.25, 0.3) is 0 Å². The number of hydrogen-bond acceptors (Lipinski definition) is 5. The number of ether oxygens (including phenoxy) is 2. The van der Waals surface area contributed by atoms with Crippen LogP contribution in [0.5, 0.6) is 0 Å². The van der Waals surface area contributed by atoms with Crippen LogP contribution in [0.15, 0.2) is 0 Å². The molecule has 0 fully saturated rings. The molecular weight excluding hydrogens is 593 g/mol. The Bertz CT molecular complexity index is 641. The average Bonchev–Trinajstić information content (AvgIpc) is 2.98. The van der Waals surface area contributed by atoms with Gasteiger partial charge in [-0.2, -0.15) is 0 Å². The Labute approximate surface area is 277 Å². The molecule has 0 saturated heterocycles. The summed E-state index contributed by atoms with van der Waals surface area (Å²) in [7, 11) is -4.64. The van der Waals surface area contributed by atoms with Gasteiger partial charge in [0, 0.05) is 19.6 Å². The van der Waals surface area contributed by atoms with Gasteiger partial charge < -0.3 is 35.0 Å². The van der Waals surface area contributed by atoms with Crippen molar-refractivity contribution in [3.8, 4) is 0 Å². The molecule has 0 amide bonds. The van der Waals surface area contributed by atoms with Crippen molar-refractivity contribution in [3.63, 3.8) is 0 Å². The summed E-state index contributed by atoms with van der Waals surface area (Å²) in [6.07, 6.45) is 34.8. The van der Waals surface area contributed by atoms with E-state index in [9.17, 15) is 9.90 Å². The number of unbranched alkanes of at least 4 members (excludes halogenated alkanes) is 24. The van der Waals surface area contributed by atoms with Crippen LogP contribution >= 0.6 is 7.82 Å². The van der Waals surface area contributed by atoms with Gasteiger partial charge >= 0.3 is 13.8 Å². The highest BCUT2D eigenvalue weighted by atomic mass is 31.2. The minimum absolute atomic E-state index is 0.231. The number of phosphoric acid groups is 1. The number of nitrogens with two attached hydrogens (primary N) is 1. The monoisotopic (exact) mass is 668 g/mol. The summed E-state index contributed by atoms with van der Waals surface area (Å²) >= 11 is 0. The molecule has 45 heavy (non-hydrogen) atoms. The van der Waals surface area contributed by atoms with Crippen LogP contribution in [0.3, 0.4) is 0 Å². The number of hydrogen-bond donors (Lipinski definition) is 5. The lowest BCUT2D eigenvalue weighted by Gasteiger charge is -2.20. The van der Waals surface area contributed by atoms with E-state index in [1.54, 1.807) is 0 Å². The Morgan fingerprint density at radius 1 is 0.578 bits per heavy atom. The van der Waals surface area contributed by atoms with E-state index in [-0.39, 0.29) is 6.10 Å². The molecule has 272 valence electrons. The summed E-state index contributed by atoms with van der Waals surface area (Å²) in [6.45, 7) is 6.37. The van der Waals surface area contributed by atoms with Crippen molar-refractivity contribution < 1.29 is 38.6 Å². The molecular formula is C35H74NO8P.